The van der Waals surface area contributed by atoms with Crippen LogP contribution < -0.4 is 10.6 Å². The SMILES string of the molecule is CNC(=O)c1cc(Cl)ncc1NC(=O)C1(c2ccccc2C(C)C)CN(CCN(C)S(C)(=O)=O)C1. The number of nitrogens with zero attached hydrogens (tertiary/aromatic N) is 3. The van der Waals surface area contributed by atoms with Crippen molar-refractivity contribution in [1.82, 2.24) is 19.5 Å². The second-order valence-corrected chi connectivity index (χ2v) is 11.7. The number of benzene rings is 1. The van der Waals surface area contributed by atoms with Crippen molar-refractivity contribution in [3.63, 3.8) is 0 Å². The van der Waals surface area contributed by atoms with Crippen molar-refractivity contribution in [1.29, 1.82) is 0 Å². The molecule has 0 bridgehead atoms. The summed E-state index contributed by atoms with van der Waals surface area (Å²) in [6.07, 6.45) is 2.55. The van der Waals surface area contributed by atoms with Gasteiger partial charge in [0.2, 0.25) is 15.9 Å². The van der Waals surface area contributed by atoms with Gasteiger partial charge in [-0.2, -0.15) is 0 Å². The Balaban J connectivity index is 1.93. The topological polar surface area (TPSA) is 112 Å². The second-order valence-electron chi connectivity index (χ2n) is 9.21. The van der Waals surface area contributed by atoms with Crippen molar-refractivity contribution < 1.29 is 18.0 Å². The zero-order valence-electron chi connectivity index (χ0n) is 20.6. The smallest absolute Gasteiger partial charge is 0.253 e. The van der Waals surface area contributed by atoms with Crippen LogP contribution in [0.2, 0.25) is 5.15 Å². The molecule has 35 heavy (non-hydrogen) atoms. The summed E-state index contributed by atoms with van der Waals surface area (Å²) in [6, 6.07) is 9.27. The van der Waals surface area contributed by atoms with Crippen molar-refractivity contribution in [2.45, 2.75) is 25.2 Å². The summed E-state index contributed by atoms with van der Waals surface area (Å²) in [7, 11) is -0.247. The monoisotopic (exact) mass is 521 g/mol. The molecule has 2 aromatic rings. The molecule has 2 heterocycles. The molecule has 0 unspecified atom stereocenters. The number of amides is 2. The van der Waals surface area contributed by atoms with Gasteiger partial charge in [0.15, 0.2) is 0 Å². The van der Waals surface area contributed by atoms with E-state index in [4.69, 9.17) is 11.6 Å². The number of likely N-dealkylation sites (tertiary alicyclic amines) is 1. The van der Waals surface area contributed by atoms with Gasteiger partial charge in [-0.05, 0) is 23.1 Å². The molecule has 2 amide bonds. The first kappa shape index (κ1) is 27.1. The van der Waals surface area contributed by atoms with Gasteiger partial charge in [0.1, 0.15) is 5.15 Å². The molecule has 0 saturated carbocycles. The molecule has 0 spiro atoms. The largest absolute Gasteiger partial charge is 0.355 e. The van der Waals surface area contributed by atoms with Crippen molar-refractivity contribution in [3.05, 3.63) is 58.4 Å². The van der Waals surface area contributed by atoms with E-state index >= 15 is 0 Å². The lowest BCUT2D eigenvalue weighted by atomic mass is 9.69. The molecular weight excluding hydrogens is 490 g/mol. The minimum atomic E-state index is -3.29. The van der Waals surface area contributed by atoms with Crippen LogP contribution in [0.4, 0.5) is 5.69 Å². The lowest BCUT2D eigenvalue weighted by Crippen LogP contribution is -2.66. The van der Waals surface area contributed by atoms with Crippen LogP contribution in [-0.4, -0.2) is 81.0 Å². The Bertz CT molecular complexity index is 1210. The molecule has 1 aliphatic heterocycles. The van der Waals surface area contributed by atoms with E-state index in [0.717, 1.165) is 11.1 Å². The Morgan fingerprint density at radius 2 is 1.91 bits per heavy atom. The van der Waals surface area contributed by atoms with Crippen LogP contribution in [0.15, 0.2) is 36.5 Å². The molecule has 1 fully saturated rings. The van der Waals surface area contributed by atoms with Crippen LogP contribution in [0.5, 0.6) is 0 Å². The first-order valence-corrected chi connectivity index (χ1v) is 13.5. The number of carbonyl (C=O) groups is 2. The van der Waals surface area contributed by atoms with Crippen LogP contribution in [0, 0.1) is 0 Å². The molecule has 190 valence electrons. The van der Waals surface area contributed by atoms with Gasteiger partial charge < -0.3 is 10.6 Å². The van der Waals surface area contributed by atoms with E-state index in [-0.39, 0.29) is 34.1 Å². The zero-order chi connectivity index (χ0) is 26.0. The van der Waals surface area contributed by atoms with Gasteiger partial charge in [0.05, 0.1) is 29.1 Å². The number of nitrogens with one attached hydrogen (secondary N) is 2. The van der Waals surface area contributed by atoms with Gasteiger partial charge in [-0.25, -0.2) is 17.7 Å². The first-order valence-electron chi connectivity index (χ1n) is 11.3. The normalized spacial score (nSPS) is 15.7. The van der Waals surface area contributed by atoms with E-state index < -0.39 is 15.4 Å². The highest BCUT2D eigenvalue weighted by Crippen LogP contribution is 2.40. The average Bonchev–Trinajstić information content (AvgIpc) is 2.78. The van der Waals surface area contributed by atoms with E-state index in [1.54, 1.807) is 0 Å². The van der Waals surface area contributed by atoms with Gasteiger partial charge in [-0.1, -0.05) is 49.7 Å². The molecule has 0 radical (unpaired) electrons. The number of rotatable bonds is 9. The number of aromatic nitrogens is 1. The highest BCUT2D eigenvalue weighted by Gasteiger charge is 2.51. The molecule has 1 aromatic heterocycles. The summed E-state index contributed by atoms with van der Waals surface area (Å²) in [4.78, 5) is 32.3. The van der Waals surface area contributed by atoms with Crippen LogP contribution >= 0.6 is 11.6 Å². The van der Waals surface area contributed by atoms with E-state index in [2.05, 4.69) is 34.4 Å². The summed E-state index contributed by atoms with van der Waals surface area (Å²) in [5.74, 6) is -0.451. The third kappa shape index (κ3) is 5.83. The van der Waals surface area contributed by atoms with E-state index in [9.17, 15) is 18.0 Å². The van der Waals surface area contributed by atoms with E-state index in [0.29, 0.717) is 26.2 Å². The Morgan fingerprint density at radius 1 is 1.26 bits per heavy atom. The zero-order valence-corrected chi connectivity index (χ0v) is 22.2. The predicted octanol–water partition coefficient (Wildman–Crippen LogP) is 2.30. The summed E-state index contributed by atoms with van der Waals surface area (Å²) in [6.45, 7) is 5.80. The van der Waals surface area contributed by atoms with Gasteiger partial charge in [-0.15, -0.1) is 0 Å². The van der Waals surface area contributed by atoms with Crippen molar-refractivity contribution in [2.75, 3.05) is 51.8 Å². The summed E-state index contributed by atoms with van der Waals surface area (Å²) >= 11 is 5.99. The summed E-state index contributed by atoms with van der Waals surface area (Å²) in [5, 5.41) is 5.61. The Kier molecular flexibility index (Phi) is 8.21. The number of pyridine rings is 1. The lowest BCUT2D eigenvalue weighted by Gasteiger charge is -2.50. The maximum atomic E-state index is 13.8. The van der Waals surface area contributed by atoms with E-state index in [1.807, 2.05) is 24.3 Å². The minimum Gasteiger partial charge on any atom is -0.355 e. The fraction of sp³-hybridized carbons (Fsp3) is 0.458. The van der Waals surface area contributed by atoms with Crippen LogP contribution in [0.1, 0.15) is 41.3 Å². The number of hydrogen-bond donors (Lipinski definition) is 2. The number of sulfonamides is 1. The maximum absolute atomic E-state index is 13.8. The molecule has 0 atom stereocenters. The lowest BCUT2D eigenvalue weighted by molar-refractivity contribution is -0.128. The molecule has 1 aliphatic rings. The van der Waals surface area contributed by atoms with Crippen molar-refractivity contribution in [2.24, 2.45) is 0 Å². The average molecular weight is 522 g/mol. The molecule has 1 saturated heterocycles. The second kappa shape index (κ2) is 10.6. The molecule has 2 N–H and O–H groups in total. The number of anilines is 1. The highest BCUT2D eigenvalue weighted by atomic mass is 35.5. The molecule has 11 heteroatoms. The van der Waals surface area contributed by atoms with Crippen LogP contribution in [-0.2, 0) is 20.2 Å². The molecule has 9 nitrogen and oxygen atoms in total. The Hall–Kier alpha value is -2.53. The predicted molar refractivity (Wildman–Crippen MR) is 137 cm³/mol. The van der Waals surface area contributed by atoms with Crippen LogP contribution in [0.3, 0.4) is 0 Å². The third-order valence-corrected chi connectivity index (χ3v) is 7.93. The molecule has 3 rings (SSSR count). The quantitative estimate of drug-likeness (QED) is 0.490. The number of halogens is 1. The first-order chi connectivity index (χ1) is 16.4. The van der Waals surface area contributed by atoms with Gasteiger partial charge in [-0.3, -0.25) is 14.5 Å². The molecular formula is C24H32ClN5O4S. The molecule has 0 aliphatic carbocycles. The highest BCUT2D eigenvalue weighted by molar-refractivity contribution is 7.88. The van der Waals surface area contributed by atoms with Crippen molar-refractivity contribution >= 4 is 39.1 Å². The fourth-order valence-electron chi connectivity index (χ4n) is 4.29. The van der Waals surface area contributed by atoms with Gasteiger partial charge in [0, 0.05) is 40.3 Å². The summed E-state index contributed by atoms with van der Waals surface area (Å²) in [5.41, 5.74) is 1.61. The summed E-state index contributed by atoms with van der Waals surface area (Å²) < 4.78 is 24.8. The number of carbonyl (C=O) groups excluding carboxylic acids is 2. The van der Waals surface area contributed by atoms with Gasteiger partial charge >= 0.3 is 0 Å². The van der Waals surface area contributed by atoms with Gasteiger partial charge in [0.25, 0.3) is 5.91 Å². The Morgan fingerprint density at radius 3 is 2.51 bits per heavy atom. The van der Waals surface area contributed by atoms with Crippen LogP contribution in [0.25, 0.3) is 0 Å². The number of hydrogen-bond acceptors (Lipinski definition) is 6. The van der Waals surface area contributed by atoms with Crippen molar-refractivity contribution in [3.8, 4) is 0 Å². The Labute approximate surface area is 211 Å². The minimum absolute atomic E-state index is 0.145. The molecule has 1 aromatic carbocycles. The fourth-order valence-corrected chi connectivity index (χ4v) is 4.86. The maximum Gasteiger partial charge on any atom is 0.253 e. The van der Waals surface area contributed by atoms with E-state index in [1.165, 1.54) is 36.9 Å². The number of likely N-dealkylation sites (N-methyl/N-ethyl adjacent to an activating group) is 1. The standard InChI is InChI=1S/C24H32ClN5O4S/c1-16(2)17-8-6-7-9-19(17)24(14-30(15-24)11-10-29(4)35(5,33)34)23(32)28-20-13-27-21(25)12-18(20)22(31)26-3/h6-9,12-13,16H,10-11,14-15H2,1-5H3,(H,26,31)(H,28,32). The third-order valence-electron chi connectivity index (χ3n) is 6.41.